The maximum Gasteiger partial charge on any atom is 0.261 e. The molecular weight excluding hydrogens is 366 g/mol. The van der Waals surface area contributed by atoms with Crippen LogP contribution in [0, 0.1) is 6.92 Å². The molecule has 0 radical (unpaired) electrons. The molecule has 128 valence electrons. The van der Waals surface area contributed by atoms with E-state index in [1.165, 1.54) is 0 Å². The summed E-state index contributed by atoms with van der Waals surface area (Å²) in [4.78, 5) is 0.134. The van der Waals surface area contributed by atoms with Gasteiger partial charge in [0.25, 0.3) is 10.0 Å². The SMILES string of the molecule is CCNC(=S)Nc1cc(S(=O)(=O)Nc2cccc(Cl)c2)ccc1C. The molecule has 0 aliphatic carbocycles. The summed E-state index contributed by atoms with van der Waals surface area (Å²) in [6, 6.07) is 11.4. The third-order valence-corrected chi connectivity index (χ3v) is 5.04. The number of benzene rings is 2. The maximum absolute atomic E-state index is 12.6. The Kier molecular flexibility index (Phi) is 6.04. The van der Waals surface area contributed by atoms with Crippen LogP contribution in [-0.2, 0) is 10.0 Å². The molecule has 0 fully saturated rings. The minimum atomic E-state index is -3.73. The molecule has 0 amide bonds. The number of halogens is 1. The molecule has 3 N–H and O–H groups in total. The van der Waals surface area contributed by atoms with Crippen molar-refractivity contribution in [2.45, 2.75) is 18.7 Å². The summed E-state index contributed by atoms with van der Waals surface area (Å²) < 4.78 is 27.6. The standard InChI is InChI=1S/C16H18ClN3O2S2/c1-3-18-16(23)19-15-10-14(8-7-11(15)2)24(21,22)20-13-6-4-5-12(17)9-13/h4-10,20H,3H2,1-2H3,(H2,18,19,23). The lowest BCUT2D eigenvalue weighted by Crippen LogP contribution is -2.28. The molecule has 0 saturated carbocycles. The Balaban J connectivity index is 2.28. The monoisotopic (exact) mass is 383 g/mol. The molecule has 2 aromatic carbocycles. The molecule has 0 spiro atoms. The highest BCUT2D eigenvalue weighted by Crippen LogP contribution is 2.23. The van der Waals surface area contributed by atoms with E-state index in [1.807, 2.05) is 13.8 Å². The predicted octanol–water partition coefficient (Wildman–Crippen LogP) is 3.76. The molecule has 2 aromatic rings. The zero-order valence-electron chi connectivity index (χ0n) is 13.3. The van der Waals surface area contributed by atoms with E-state index >= 15 is 0 Å². The van der Waals surface area contributed by atoms with E-state index in [0.29, 0.717) is 28.1 Å². The quantitative estimate of drug-likeness (QED) is 0.686. The van der Waals surface area contributed by atoms with Gasteiger partial charge in [0.1, 0.15) is 0 Å². The normalized spacial score (nSPS) is 11.0. The van der Waals surface area contributed by atoms with Gasteiger partial charge in [-0.1, -0.05) is 23.7 Å². The number of nitrogens with one attached hydrogen (secondary N) is 3. The summed E-state index contributed by atoms with van der Waals surface area (Å²) in [5.74, 6) is 0. The van der Waals surface area contributed by atoms with Crippen LogP contribution in [0.2, 0.25) is 5.02 Å². The van der Waals surface area contributed by atoms with Crippen LogP contribution in [0.3, 0.4) is 0 Å². The molecule has 5 nitrogen and oxygen atoms in total. The third-order valence-electron chi connectivity index (χ3n) is 3.18. The summed E-state index contributed by atoms with van der Waals surface area (Å²) >= 11 is 11.0. The lowest BCUT2D eigenvalue weighted by Gasteiger charge is -2.14. The highest BCUT2D eigenvalue weighted by Gasteiger charge is 2.16. The van der Waals surface area contributed by atoms with E-state index in [4.69, 9.17) is 23.8 Å². The van der Waals surface area contributed by atoms with Gasteiger partial charge < -0.3 is 10.6 Å². The van der Waals surface area contributed by atoms with Crippen LogP contribution >= 0.6 is 23.8 Å². The second kappa shape index (κ2) is 7.83. The van der Waals surface area contributed by atoms with E-state index in [2.05, 4.69) is 15.4 Å². The topological polar surface area (TPSA) is 70.2 Å². The second-order valence-electron chi connectivity index (χ2n) is 5.08. The van der Waals surface area contributed by atoms with E-state index < -0.39 is 10.0 Å². The molecule has 8 heteroatoms. The molecule has 0 aliphatic heterocycles. The van der Waals surface area contributed by atoms with E-state index in [1.54, 1.807) is 42.5 Å². The Bertz CT molecular complexity index is 854. The summed E-state index contributed by atoms with van der Waals surface area (Å²) in [6.45, 7) is 4.48. The fraction of sp³-hybridized carbons (Fsp3) is 0.188. The molecular formula is C16H18ClN3O2S2. The van der Waals surface area contributed by atoms with Crippen molar-refractivity contribution in [1.29, 1.82) is 0 Å². The average molecular weight is 384 g/mol. The minimum Gasteiger partial charge on any atom is -0.363 e. The summed E-state index contributed by atoms with van der Waals surface area (Å²) in [5, 5.41) is 6.87. The maximum atomic E-state index is 12.6. The first-order chi connectivity index (χ1) is 11.3. The van der Waals surface area contributed by atoms with Gasteiger partial charge in [0.2, 0.25) is 0 Å². The first-order valence-electron chi connectivity index (χ1n) is 7.25. The fourth-order valence-electron chi connectivity index (χ4n) is 2.00. The van der Waals surface area contributed by atoms with Crippen LogP contribution in [0.1, 0.15) is 12.5 Å². The molecule has 0 heterocycles. The Morgan fingerprint density at radius 3 is 2.62 bits per heavy atom. The van der Waals surface area contributed by atoms with E-state index in [9.17, 15) is 8.42 Å². The highest BCUT2D eigenvalue weighted by molar-refractivity contribution is 7.92. The van der Waals surface area contributed by atoms with Crippen LogP contribution in [-0.4, -0.2) is 20.1 Å². The molecule has 0 aliphatic rings. The van der Waals surface area contributed by atoms with Gasteiger partial charge in [-0.25, -0.2) is 8.42 Å². The number of thiocarbonyl (C=S) groups is 1. The summed E-state index contributed by atoms with van der Waals surface area (Å²) in [7, 11) is -3.73. The van der Waals surface area contributed by atoms with Crippen molar-refractivity contribution in [2.75, 3.05) is 16.6 Å². The zero-order valence-corrected chi connectivity index (χ0v) is 15.6. The van der Waals surface area contributed by atoms with Gasteiger partial charge in [-0.3, -0.25) is 4.72 Å². The second-order valence-corrected chi connectivity index (χ2v) is 7.60. The summed E-state index contributed by atoms with van der Waals surface area (Å²) in [6.07, 6.45) is 0. The van der Waals surface area contributed by atoms with Gasteiger partial charge in [0.05, 0.1) is 10.6 Å². The van der Waals surface area contributed by atoms with Gasteiger partial charge >= 0.3 is 0 Å². The Labute approximate surface area is 152 Å². The van der Waals surface area contributed by atoms with Crippen molar-refractivity contribution in [3.8, 4) is 0 Å². The molecule has 24 heavy (non-hydrogen) atoms. The molecule has 0 saturated heterocycles. The predicted molar refractivity (Wildman–Crippen MR) is 103 cm³/mol. The van der Waals surface area contributed by atoms with E-state index in [0.717, 1.165) is 5.56 Å². The highest BCUT2D eigenvalue weighted by atomic mass is 35.5. The van der Waals surface area contributed by atoms with Crippen LogP contribution in [0.4, 0.5) is 11.4 Å². The molecule has 0 atom stereocenters. The molecule has 0 bridgehead atoms. The lowest BCUT2D eigenvalue weighted by atomic mass is 10.2. The first-order valence-corrected chi connectivity index (χ1v) is 9.52. The fourth-order valence-corrected chi connectivity index (χ4v) is 3.52. The number of rotatable bonds is 5. The zero-order chi connectivity index (χ0) is 17.7. The van der Waals surface area contributed by atoms with Crippen LogP contribution in [0.5, 0.6) is 0 Å². The number of aryl methyl sites for hydroxylation is 1. The number of sulfonamides is 1. The Morgan fingerprint density at radius 1 is 1.21 bits per heavy atom. The molecule has 0 aromatic heterocycles. The van der Waals surface area contributed by atoms with Gasteiger partial charge in [0, 0.05) is 17.3 Å². The minimum absolute atomic E-state index is 0.134. The van der Waals surface area contributed by atoms with Crippen molar-refractivity contribution in [1.82, 2.24) is 5.32 Å². The van der Waals surface area contributed by atoms with Crippen LogP contribution in [0.15, 0.2) is 47.4 Å². The first kappa shape index (κ1) is 18.5. The van der Waals surface area contributed by atoms with Crippen molar-refractivity contribution in [3.63, 3.8) is 0 Å². The van der Waals surface area contributed by atoms with E-state index in [-0.39, 0.29) is 4.90 Å². The molecule has 0 unspecified atom stereocenters. The lowest BCUT2D eigenvalue weighted by molar-refractivity contribution is 0.601. The van der Waals surface area contributed by atoms with Gasteiger partial charge in [0.15, 0.2) is 5.11 Å². The van der Waals surface area contributed by atoms with Gasteiger partial charge in [-0.15, -0.1) is 0 Å². The largest absolute Gasteiger partial charge is 0.363 e. The summed E-state index contributed by atoms with van der Waals surface area (Å²) in [5.41, 5.74) is 1.92. The van der Waals surface area contributed by atoms with Crippen LogP contribution < -0.4 is 15.4 Å². The number of anilines is 2. The molecule has 2 rings (SSSR count). The number of hydrogen-bond acceptors (Lipinski definition) is 3. The van der Waals surface area contributed by atoms with Crippen molar-refractivity contribution in [2.24, 2.45) is 0 Å². The average Bonchev–Trinajstić information content (AvgIpc) is 2.49. The van der Waals surface area contributed by atoms with Crippen molar-refractivity contribution in [3.05, 3.63) is 53.1 Å². The van der Waals surface area contributed by atoms with Crippen molar-refractivity contribution >= 4 is 50.3 Å². The Morgan fingerprint density at radius 2 is 1.96 bits per heavy atom. The van der Waals surface area contributed by atoms with Gasteiger partial charge in [-0.2, -0.15) is 0 Å². The Hall–Kier alpha value is -1.83. The van der Waals surface area contributed by atoms with Crippen LogP contribution in [0.25, 0.3) is 0 Å². The third kappa shape index (κ3) is 4.83. The number of hydrogen-bond donors (Lipinski definition) is 3. The van der Waals surface area contributed by atoms with Crippen molar-refractivity contribution < 1.29 is 8.42 Å². The van der Waals surface area contributed by atoms with Gasteiger partial charge in [-0.05, 0) is 62.0 Å². The smallest absolute Gasteiger partial charge is 0.261 e.